The van der Waals surface area contributed by atoms with Crippen LogP contribution in [0.1, 0.15) is 11.1 Å². The van der Waals surface area contributed by atoms with E-state index in [4.69, 9.17) is 5.73 Å². The SMILES string of the molecule is COC(=O)N1Cc2ccc(N)cc2C1. The van der Waals surface area contributed by atoms with E-state index in [0.29, 0.717) is 13.1 Å². The van der Waals surface area contributed by atoms with Gasteiger partial charge in [0.15, 0.2) is 0 Å². The van der Waals surface area contributed by atoms with Gasteiger partial charge in [-0.15, -0.1) is 0 Å². The Morgan fingerprint density at radius 2 is 2.14 bits per heavy atom. The summed E-state index contributed by atoms with van der Waals surface area (Å²) in [5, 5.41) is 0. The van der Waals surface area contributed by atoms with Gasteiger partial charge >= 0.3 is 6.09 Å². The molecule has 2 N–H and O–H groups in total. The van der Waals surface area contributed by atoms with Crippen molar-refractivity contribution in [3.8, 4) is 0 Å². The van der Waals surface area contributed by atoms with E-state index in [0.717, 1.165) is 16.8 Å². The minimum atomic E-state index is -0.292. The van der Waals surface area contributed by atoms with E-state index in [9.17, 15) is 4.79 Å². The molecule has 0 aromatic heterocycles. The van der Waals surface area contributed by atoms with Crippen LogP contribution in [0.3, 0.4) is 0 Å². The summed E-state index contributed by atoms with van der Waals surface area (Å²) in [5.41, 5.74) is 8.63. The van der Waals surface area contributed by atoms with Gasteiger partial charge in [-0.3, -0.25) is 4.90 Å². The first-order chi connectivity index (χ1) is 6.70. The number of carbonyl (C=O) groups excluding carboxylic acids is 1. The zero-order valence-corrected chi connectivity index (χ0v) is 7.99. The van der Waals surface area contributed by atoms with Gasteiger partial charge < -0.3 is 10.5 Å². The Hall–Kier alpha value is -1.71. The summed E-state index contributed by atoms with van der Waals surface area (Å²) in [4.78, 5) is 12.9. The molecule has 0 bridgehead atoms. The van der Waals surface area contributed by atoms with Gasteiger partial charge in [0.1, 0.15) is 0 Å². The van der Waals surface area contributed by atoms with Crippen LogP contribution in [0.5, 0.6) is 0 Å². The van der Waals surface area contributed by atoms with Crippen LogP contribution < -0.4 is 5.73 Å². The number of carbonyl (C=O) groups is 1. The molecular weight excluding hydrogens is 180 g/mol. The lowest BCUT2D eigenvalue weighted by Crippen LogP contribution is -2.24. The normalized spacial score (nSPS) is 13.9. The van der Waals surface area contributed by atoms with Crippen LogP contribution in [0.25, 0.3) is 0 Å². The van der Waals surface area contributed by atoms with Gasteiger partial charge in [0.25, 0.3) is 0 Å². The van der Waals surface area contributed by atoms with Gasteiger partial charge in [0.2, 0.25) is 0 Å². The van der Waals surface area contributed by atoms with Gasteiger partial charge in [0.05, 0.1) is 7.11 Å². The molecule has 0 saturated heterocycles. The van der Waals surface area contributed by atoms with Crippen molar-refractivity contribution >= 4 is 11.8 Å². The summed E-state index contributed by atoms with van der Waals surface area (Å²) < 4.78 is 4.65. The van der Waals surface area contributed by atoms with Crippen molar-refractivity contribution in [1.29, 1.82) is 0 Å². The van der Waals surface area contributed by atoms with Crippen molar-refractivity contribution in [3.63, 3.8) is 0 Å². The fourth-order valence-corrected chi connectivity index (χ4v) is 1.67. The Morgan fingerprint density at radius 1 is 1.43 bits per heavy atom. The highest BCUT2D eigenvalue weighted by Crippen LogP contribution is 2.24. The maximum Gasteiger partial charge on any atom is 0.410 e. The molecule has 0 aliphatic carbocycles. The topological polar surface area (TPSA) is 55.6 Å². The lowest BCUT2D eigenvalue weighted by atomic mass is 10.1. The fraction of sp³-hybridized carbons (Fsp3) is 0.300. The number of amides is 1. The largest absolute Gasteiger partial charge is 0.453 e. The van der Waals surface area contributed by atoms with Crippen LogP contribution in [0.4, 0.5) is 10.5 Å². The van der Waals surface area contributed by atoms with Crippen molar-refractivity contribution < 1.29 is 9.53 Å². The second-order valence-corrected chi connectivity index (χ2v) is 3.35. The molecule has 0 unspecified atom stereocenters. The Morgan fingerprint density at radius 3 is 2.86 bits per heavy atom. The van der Waals surface area contributed by atoms with Crippen molar-refractivity contribution in [2.24, 2.45) is 0 Å². The summed E-state index contributed by atoms with van der Waals surface area (Å²) in [5.74, 6) is 0. The van der Waals surface area contributed by atoms with E-state index in [1.54, 1.807) is 4.90 Å². The van der Waals surface area contributed by atoms with Crippen molar-refractivity contribution in [3.05, 3.63) is 29.3 Å². The predicted octanol–water partition coefficient (Wildman–Crippen LogP) is 1.35. The summed E-state index contributed by atoms with van der Waals surface area (Å²) in [6.45, 7) is 1.20. The molecule has 0 saturated carbocycles. The molecule has 0 fully saturated rings. The first-order valence-corrected chi connectivity index (χ1v) is 4.41. The van der Waals surface area contributed by atoms with Crippen molar-refractivity contribution in [1.82, 2.24) is 4.90 Å². The Labute approximate surface area is 82.3 Å². The average Bonchev–Trinajstić information content (AvgIpc) is 2.59. The molecule has 1 aliphatic rings. The predicted molar refractivity (Wildman–Crippen MR) is 52.5 cm³/mol. The van der Waals surface area contributed by atoms with Crippen LogP contribution in [0.2, 0.25) is 0 Å². The molecular formula is C10H12N2O2. The number of benzene rings is 1. The Balaban J connectivity index is 2.22. The number of nitrogen functional groups attached to an aromatic ring is 1. The van der Waals surface area contributed by atoms with Crippen LogP contribution >= 0.6 is 0 Å². The maximum absolute atomic E-state index is 11.2. The van der Waals surface area contributed by atoms with Crippen LogP contribution in [0, 0.1) is 0 Å². The lowest BCUT2D eigenvalue weighted by molar-refractivity contribution is 0.123. The molecule has 74 valence electrons. The number of hydrogen-bond acceptors (Lipinski definition) is 3. The molecule has 4 heteroatoms. The van der Waals surface area contributed by atoms with Crippen LogP contribution in [0.15, 0.2) is 18.2 Å². The molecule has 14 heavy (non-hydrogen) atoms. The molecule has 0 radical (unpaired) electrons. The lowest BCUT2D eigenvalue weighted by Gasteiger charge is -2.12. The molecule has 0 spiro atoms. The number of nitrogens with two attached hydrogens (primary N) is 1. The second-order valence-electron chi connectivity index (χ2n) is 3.35. The molecule has 1 aliphatic heterocycles. The van der Waals surface area contributed by atoms with Gasteiger partial charge in [-0.05, 0) is 23.3 Å². The van der Waals surface area contributed by atoms with Crippen molar-refractivity contribution in [2.45, 2.75) is 13.1 Å². The highest BCUT2D eigenvalue weighted by Gasteiger charge is 2.23. The quantitative estimate of drug-likeness (QED) is 0.631. The number of nitrogens with zero attached hydrogens (tertiary/aromatic N) is 1. The third-order valence-electron chi connectivity index (χ3n) is 2.39. The van der Waals surface area contributed by atoms with E-state index >= 15 is 0 Å². The summed E-state index contributed by atoms with van der Waals surface area (Å²) in [7, 11) is 1.39. The summed E-state index contributed by atoms with van der Waals surface area (Å²) in [6, 6.07) is 5.70. The maximum atomic E-state index is 11.2. The van der Waals surface area contributed by atoms with Gasteiger partial charge in [-0.1, -0.05) is 6.07 Å². The summed E-state index contributed by atoms with van der Waals surface area (Å²) in [6.07, 6.45) is -0.292. The minimum Gasteiger partial charge on any atom is -0.453 e. The number of rotatable bonds is 0. The van der Waals surface area contributed by atoms with Gasteiger partial charge in [0, 0.05) is 18.8 Å². The first-order valence-electron chi connectivity index (χ1n) is 4.41. The Bertz CT molecular complexity index is 376. The molecule has 1 aromatic rings. The zero-order chi connectivity index (χ0) is 10.1. The molecule has 2 rings (SSSR count). The van der Waals surface area contributed by atoms with Crippen molar-refractivity contribution in [2.75, 3.05) is 12.8 Å². The minimum absolute atomic E-state index is 0.292. The second kappa shape index (κ2) is 3.21. The number of fused-ring (bicyclic) bond motifs is 1. The standard InChI is InChI=1S/C10H12N2O2/c1-14-10(13)12-5-7-2-3-9(11)4-8(7)6-12/h2-4H,5-6,11H2,1H3. The summed E-state index contributed by atoms with van der Waals surface area (Å²) >= 11 is 0. The van der Waals surface area contributed by atoms with E-state index < -0.39 is 0 Å². The number of hydrogen-bond donors (Lipinski definition) is 1. The average molecular weight is 192 g/mol. The molecule has 4 nitrogen and oxygen atoms in total. The Kier molecular flexibility index (Phi) is 2.04. The van der Waals surface area contributed by atoms with E-state index in [1.807, 2.05) is 18.2 Å². The monoisotopic (exact) mass is 192 g/mol. The van der Waals surface area contributed by atoms with Crippen LogP contribution in [-0.4, -0.2) is 18.1 Å². The number of anilines is 1. The fourth-order valence-electron chi connectivity index (χ4n) is 1.67. The number of ether oxygens (including phenoxy) is 1. The highest BCUT2D eigenvalue weighted by molar-refractivity contribution is 5.69. The smallest absolute Gasteiger partial charge is 0.410 e. The third-order valence-corrected chi connectivity index (χ3v) is 2.39. The van der Waals surface area contributed by atoms with Gasteiger partial charge in [-0.2, -0.15) is 0 Å². The van der Waals surface area contributed by atoms with E-state index in [1.165, 1.54) is 7.11 Å². The van der Waals surface area contributed by atoms with Gasteiger partial charge in [-0.25, -0.2) is 4.79 Å². The van der Waals surface area contributed by atoms with Crippen LogP contribution in [-0.2, 0) is 17.8 Å². The third kappa shape index (κ3) is 1.39. The first kappa shape index (κ1) is 8.87. The molecule has 1 heterocycles. The molecule has 0 atom stereocenters. The van der Waals surface area contributed by atoms with E-state index in [2.05, 4.69) is 4.74 Å². The molecule has 1 aromatic carbocycles. The zero-order valence-electron chi connectivity index (χ0n) is 7.99. The highest BCUT2D eigenvalue weighted by atomic mass is 16.5. The molecule has 1 amide bonds. The number of methoxy groups -OCH3 is 1. The van der Waals surface area contributed by atoms with E-state index in [-0.39, 0.29) is 6.09 Å².